The Hall–Kier alpha value is -0.120. The summed E-state index contributed by atoms with van der Waals surface area (Å²) in [6.45, 7) is 8.89. The van der Waals surface area contributed by atoms with Crippen LogP contribution >= 0.6 is 0 Å². The van der Waals surface area contributed by atoms with E-state index in [1.54, 1.807) is 0 Å². The van der Waals surface area contributed by atoms with Crippen molar-refractivity contribution in [2.75, 3.05) is 40.3 Å². The Bertz CT molecular complexity index is 181. The summed E-state index contributed by atoms with van der Waals surface area (Å²) in [5.41, 5.74) is 6.03. The minimum atomic E-state index is 0.269. The fourth-order valence-electron chi connectivity index (χ4n) is 2.26. The first-order valence-corrected chi connectivity index (χ1v) is 6.03. The molecule has 0 aliphatic carbocycles. The maximum atomic E-state index is 5.76. The van der Waals surface area contributed by atoms with Crippen LogP contribution in [0.1, 0.15) is 26.7 Å². The highest BCUT2D eigenvalue weighted by Gasteiger charge is 2.25. The van der Waals surface area contributed by atoms with Crippen LogP contribution in [0.5, 0.6) is 0 Å². The summed E-state index contributed by atoms with van der Waals surface area (Å²) < 4.78 is 0. The lowest BCUT2D eigenvalue weighted by molar-refractivity contribution is 0.110. The van der Waals surface area contributed by atoms with Gasteiger partial charge in [0.05, 0.1) is 0 Å². The average Bonchev–Trinajstić information content (AvgIpc) is 2.18. The highest BCUT2D eigenvalue weighted by atomic mass is 15.2. The lowest BCUT2D eigenvalue weighted by atomic mass is 9.91. The van der Waals surface area contributed by atoms with Crippen LogP contribution in [0, 0.1) is 5.41 Å². The molecule has 0 saturated carbocycles. The summed E-state index contributed by atoms with van der Waals surface area (Å²) in [5.74, 6) is 0. The zero-order valence-corrected chi connectivity index (χ0v) is 10.8. The van der Waals surface area contributed by atoms with E-state index in [1.165, 1.54) is 25.9 Å². The van der Waals surface area contributed by atoms with Crippen molar-refractivity contribution in [3.63, 3.8) is 0 Å². The zero-order valence-electron chi connectivity index (χ0n) is 10.8. The molecule has 0 atom stereocenters. The van der Waals surface area contributed by atoms with E-state index in [1.807, 2.05) is 0 Å². The molecule has 0 radical (unpaired) electrons. The van der Waals surface area contributed by atoms with Gasteiger partial charge in [0.15, 0.2) is 0 Å². The lowest BCUT2D eigenvalue weighted by Gasteiger charge is -2.38. The molecule has 1 fully saturated rings. The molecule has 0 aromatic carbocycles. The molecule has 1 saturated heterocycles. The molecule has 0 unspecified atom stereocenters. The summed E-state index contributed by atoms with van der Waals surface area (Å²) in [5, 5.41) is 0. The van der Waals surface area contributed by atoms with Crippen molar-refractivity contribution in [1.82, 2.24) is 9.80 Å². The molecular weight excluding hydrogens is 186 g/mol. The van der Waals surface area contributed by atoms with Crippen LogP contribution in [0.25, 0.3) is 0 Å². The van der Waals surface area contributed by atoms with Gasteiger partial charge in [-0.15, -0.1) is 0 Å². The van der Waals surface area contributed by atoms with Gasteiger partial charge in [-0.05, 0) is 52.0 Å². The molecule has 1 aliphatic rings. The second-order valence-corrected chi connectivity index (χ2v) is 5.84. The molecule has 2 N–H and O–H groups in total. The Kier molecular flexibility index (Phi) is 4.56. The third-order valence-corrected chi connectivity index (χ3v) is 3.49. The second-order valence-electron chi connectivity index (χ2n) is 5.84. The number of hydrogen-bond donors (Lipinski definition) is 1. The summed E-state index contributed by atoms with van der Waals surface area (Å²) in [6.07, 6.45) is 2.60. The smallest absolute Gasteiger partial charge is 0.0113 e. The normalized spacial score (nSPS) is 21.2. The molecule has 90 valence electrons. The molecule has 3 nitrogen and oxygen atoms in total. The van der Waals surface area contributed by atoms with Gasteiger partial charge in [-0.2, -0.15) is 0 Å². The van der Waals surface area contributed by atoms with Crippen molar-refractivity contribution in [3.05, 3.63) is 0 Å². The molecule has 1 aliphatic heterocycles. The van der Waals surface area contributed by atoms with Gasteiger partial charge in [-0.1, -0.05) is 13.8 Å². The zero-order chi connectivity index (χ0) is 11.5. The predicted octanol–water partition coefficient (Wildman–Crippen LogP) is 0.997. The SMILES string of the molecule is CN(C)C1CCN(CC(C)(C)CN)CC1. The molecule has 0 spiro atoms. The van der Waals surface area contributed by atoms with Crippen LogP contribution in [-0.4, -0.2) is 56.1 Å². The Balaban J connectivity index is 2.32. The first-order chi connectivity index (χ1) is 6.94. The highest BCUT2D eigenvalue weighted by Crippen LogP contribution is 2.20. The number of nitrogens with two attached hydrogens (primary N) is 1. The van der Waals surface area contributed by atoms with Crippen LogP contribution in [-0.2, 0) is 0 Å². The first kappa shape index (κ1) is 12.9. The molecule has 15 heavy (non-hydrogen) atoms. The highest BCUT2D eigenvalue weighted by molar-refractivity contribution is 4.81. The van der Waals surface area contributed by atoms with Gasteiger partial charge in [0.25, 0.3) is 0 Å². The minimum absolute atomic E-state index is 0.269. The van der Waals surface area contributed by atoms with E-state index in [0.29, 0.717) is 0 Å². The van der Waals surface area contributed by atoms with Gasteiger partial charge in [-0.3, -0.25) is 0 Å². The second kappa shape index (κ2) is 5.28. The van der Waals surface area contributed by atoms with Gasteiger partial charge in [0.2, 0.25) is 0 Å². The number of rotatable bonds is 4. The summed E-state index contributed by atoms with van der Waals surface area (Å²) in [7, 11) is 4.37. The average molecular weight is 213 g/mol. The summed E-state index contributed by atoms with van der Waals surface area (Å²) >= 11 is 0. The van der Waals surface area contributed by atoms with E-state index < -0.39 is 0 Å². The van der Waals surface area contributed by atoms with Crippen molar-refractivity contribution in [1.29, 1.82) is 0 Å². The maximum Gasteiger partial charge on any atom is 0.0113 e. The summed E-state index contributed by atoms with van der Waals surface area (Å²) in [4.78, 5) is 4.91. The topological polar surface area (TPSA) is 32.5 Å². The van der Waals surface area contributed by atoms with E-state index in [9.17, 15) is 0 Å². The first-order valence-electron chi connectivity index (χ1n) is 6.03. The van der Waals surface area contributed by atoms with Crippen molar-refractivity contribution in [2.45, 2.75) is 32.7 Å². The van der Waals surface area contributed by atoms with Crippen molar-refractivity contribution >= 4 is 0 Å². The molecule has 0 aromatic heterocycles. The predicted molar refractivity (Wildman–Crippen MR) is 66.0 cm³/mol. The Morgan fingerprint density at radius 1 is 1.27 bits per heavy atom. The number of piperidine rings is 1. The Labute approximate surface area is 94.6 Å². The Morgan fingerprint density at radius 2 is 1.80 bits per heavy atom. The fourth-order valence-corrected chi connectivity index (χ4v) is 2.26. The number of hydrogen-bond acceptors (Lipinski definition) is 3. The van der Waals surface area contributed by atoms with E-state index in [-0.39, 0.29) is 5.41 Å². The van der Waals surface area contributed by atoms with Crippen LogP contribution in [0.2, 0.25) is 0 Å². The van der Waals surface area contributed by atoms with Crippen molar-refractivity contribution in [3.8, 4) is 0 Å². The van der Waals surface area contributed by atoms with Crippen molar-refractivity contribution < 1.29 is 0 Å². The summed E-state index contributed by atoms with van der Waals surface area (Å²) in [6, 6.07) is 0.780. The van der Waals surface area contributed by atoms with E-state index >= 15 is 0 Å². The van der Waals surface area contributed by atoms with Gasteiger partial charge in [-0.25, -0.2) is 0 Å². The molecule has 1 rings (SSSR count). The van der Waals surface area contributed by atoms with E-state index in [2.05, 4.69) is 37.7 Å². The molecule has 0 amide bonds. The number of nitrogens with zero attached hydrogens (tertiary/aromatic N) is 2. The van der Waals surface area contributed by atoms with Crippen LogP contribution < -0.4 is 5.73 Å². The van der Waals surface area contributed by atoms with Gasteiger partial charge >= 0.3 is 0 Å². The van der Waals surface area contributed by atoms with Gasteiger partial charge < -0.3 is 15.5 Å². The molecular formula is C12H27N3. The maximum absolute atomic E-state index is 5.76. The van der Waals surface area contributed by atoms with Crippen LogP contribution in [0.4, 0.5) is 0 Å². The lowest BCUT2D eigenvalue weighted by Crippen LogP contribution is -2.46. The third kappa shape index (κ3) is 4.09. The molecule has 1 heterocycles. The monoisotopic (exact) mass is 213 g/mol. The van der Waals surface area contributed by atoms with Gasteiger partial charge in [0, 0.05) is 12.6 Å². The van der Waals surface area contributed by atoms with Gasteiger partial charge in [0.1, 0.15) is 0 Å². The van der Waals surface area contributed by atoms with E-state index in [0.717, 1.165) is 19.1 Å². The minimum Gasteiger partial charge on any atom is -0.330 e. The van der Waals surface area contributed by atoms with Crippen molar-refractivity contribution in [2.24, 2.45) is 11.1 Å². The van der Waals surface area contributed by atoms with Crippen LogP contribution in [0.15, 0.2) is 0 Å². The molecule has 0 aromatic rings. The Morgan fingerprint density at radius 3 is 2.20 bits per heavy atom. The van der Waals surface area contributed by atoms with E-state index in [4.69, 9.17) is 5.73 Å². The quantitative estimate of drug-likeness (QED) is 0.756. The largest absolute Gasteiger partial charge is 0.330 e. The number of likely N-dealkylation sites (tertiary alicyclic amines) is 1. The molecule has 0 bridgehead atoms. The third-order valence-electron chi connectivity index (χ3n) is 3.49. The molecule has 3 heteroatoms. The fraction of sp³-hybridized carbons (Fsp3) is 1.00. The standard InChI is InChI=1S/C12H27N3/c1-12(2,9-13)10-15-7-5-11(6-8-15)14(3)4/h11H,5-10,13H2,1-4H3. The van der Waals surface area contributed by atoms with Crippen LogP contribution in [0.3, 0.4) is 0 Å².